The smallest absolute Gasteiger partial charge is 0.407 e. The summed E-state index contributed by atoms with van der Waals surface area (Å²) in [6, 6.07) is -0.999. The van der Waals surface area contributed by atoms with E-state index in [1.807, 2.05) is 13.8 Å². The zero-order valence-corrected chi connectivity index (χ0v) is 13.9. The van der Waals surface area contributed by atoms with Crippen molar-refractivity contribution in [1.82, 2.24) is 10.2 Å². The highest BCUT2D eigenvalue weighted by atomic mass is 16.5. The summed E-state index contributed by atoms with van der Waals surface area (Å²) in [4.78, 5) is 36.1. The van der Waals surface area contributed by atoms with Crippen molar-refractivity contribution in [2.24, 2.45) is 5.92 Å². The molecule has 0 aliphatic carbocycles. The highest BCUT2D eigenvalue weighted by Gasteiger charge is 2.32. The molecule has 0 spiro atoms. The summed E-state index contributed by atoms with van der Waals surface area (Å²) in [5.74, 6) is -0.491. The molecular formula is C16H26N2O5. The van der Waals surface area contributed by atoms with Crippen LogP contribution in [-0.2, 0) is 14.3 Å². The van der Waals surface area contributed by atoms with E-state index in [4.69, 9.17) is 0 Å². The molecule has 23 heavy (non-hydrogen) atoms. The highest BCUT2D eigenvalue weighted by Crippen LogP contribution is 2.18. The van der Waals surface area contributed by atoms with Crippen LogP contribution < -0.4 is 5.32 Å². The Balaban J connectivity index is 2.76. The molecule has 0 aromatic heterocycles. The third-order valence-corrected chi connectivity index (χ3v) is 3.77. The number of likely N-dealkylation sites (tertiary alicyclic amines) is 1. The predicted octanol–water partition coefficient (Wildman–Crippen LogP) is 1.78. The number of nitrogens with one attached hydrogen (secondary N) is 1. The van der Waals surface area contributed by atoms with E-state index in [0.717, 1.165) is 12.8 Å². The molecule has 1 rings (SSSR count). The lowest BCUT2D eigenvalue weighted by Gasteiger charge is -2.33. The molecular weight excluding hydrogens is 300 g/mol. The number of hydrogen-bond donors (Lipinski definition) is 2. The molecule has 7 nitrogen and oxygen atoms in total. The summed E-state index contributed by atoms with van der Waals surface area (Å²) < 4.78 is 4.55. The van der Waals surface area contributed by atoms with Crippen LogP contribution in [0.2, 0.25) is 0 Å². The summed E-state index contributed by atoms with van der Waals surface area (Å²) in [6.45, 7) is 4.39. The van der Waals surface area contributed by atoms with Gasteiger partial charge in [-0.15, -0.1) is 0 Å². The first-order valence-electron chi connectivity index (χ1n) is 7.91. The van der Waals surface area contributed by atoms with Gasteiger partial charge < -0.3 is 15.2 Å². The number of carboxylic acid groups (broad SMARTS) is 1. The number of hydrogen-bond acceptors (Lipinski definition) is 4. The molecule has 1 aliphatic heterocycles. The minimum Gasteiger partial charge on any atom is -0.466 e. The number of piperidine rings is 1. The normalized spacial score (nSPS) is 19.7. The van der Waals surface area contributed by atoms with Crippen LogP contribution in [0.1, 0.15) is 39.5 Å². The van der Waals surface area contributed by atoms with Gasteiger partial charge in [0.15, 0.2) is 0 Å². The number of carbonyl (C=O) groups excluding carboxylic acids is 2. The highest BCUT2D eigenvalue weighted by molar-refractivity contribution is 5.86. The largest absolute Gasteiger partial charge is 0.466 e. The predicted molar refractivity (Wildman–Crippen MR) is 84.9 cm³/mol. The van der Waals surface area contributed by atoms with E-state index < -0.39 is 18.1 Å². The van der Waals surface area contributed by atoms with E-state index in [0.29, 0.717) is 25.3 Å². The van der Waals surface area contributed by atoms with Gasteiger partial charge in [-0.2, -0.15) is 0 Å². The molecule has 1 heterocycles. The van der Waals surface area contributed by atoms with Crippen molar-refractivity contribution in [3.63, 3.8) is 0 Å². The molecule has 0 radical (unpaired) electrons. The van der Waals surface area contributed by atoms with Crippen molar-refractivity contribution in [2.75, 3.05) is 13.7 Å². The minimum atomic E-state index is -1.07. The molecule has 1 saturated heterocycles. The fourth-order valence-electron chi connectivity index (χ4n) is 2.67. The number of methoxy groups -OCH3 is 1. The van der Waals surface area contributed by atoms with Gasteiger partial charge in [0.05, 0.1) is 7.11 Å². The first-order chi connectivity index (χ1) is 10.8. The van der Waals surface area contributed by atoms with Gasteiger partial charge in [0, 0.05) is 18.7 Å². The lowest BCUT2D eigenvalue weighted by molar-refractivity contribution is -0.135. The fraction of sp³-hybridized carbons (Fsp3) is 0.688. The Bertz CT molecular complexity index is 461. The van der Waals surface area contributed by atoms with Crippen LogP contribution in [0.5, 0.6) is 0 Å². The molecule has 130 valence electrons. The zero-order valence-electron chi connectivity index (χ0n) is 13.9. The van der Waals surface area contributed by atoms with E-state index in [9.17, 15) is 19.5 Å². The van der Waals surface area contributed by atoms with Gasteiger partial charge in [0.1, 0.15) is 6.04 Å². The maximum absolute atomic E-state index is 12.5. The monoisotopic (exact) mass is 326 g/mol. The van der Waals surface area contributed by atoms with E-state index in [2.05, 4.69) is 10.1 Å². The average molecular weight is 326 g/mol. The van der Waals surface area contributed by atoms with Crippen molar-refractivity contribution in [3.05, 3.63) is 12.2 Å². The van der Waals surface area contributed by atoms with Gasteiger partial charge in [-0.1, -0.05) is 19.9 Å². The number of esters is 1. The number of ether oxygens (including phenoxy) is 1. The lowest BCUT2D eigenvalue weighted by Crippen LogP contribution is -2.53. The van der Waals surface area contributed by atoms with Crippen LogP contribution in [0.4, 0.5) is 4.79 Å². The Morgan fingerprint density at radius 1 is 1.35 bits per heavy atom. The van der Waals surface area contributed by atoms with Crippen LogP contribution in [0.25, 0.3) is 0 Å². The Hall–Kier alpha value is -2.05. The van der Waals surface area contributed by atoms with Crippen LogP contribution in [0.15, 0.2) is 12.2 Å². The Kier molecular flexibility index (Phi) is 7.57. The Labute approximate surface area is 136 Å². The summed E-state index contributed by atoms with van der Waals surface area (Å²) >= 11 is 0. The molecule has 7 heteroatoms. The Morgan fingerprint density at radius 2 is 2.04 bits per heavy atom. The second-order valence-corrected chi connectivity index (χ2v) is 6.11. The molecule has 2 amide bonds. The lowest BCUT2D eigenvalue weighted by atomic mass is 9.99. The number of rotatable bonds is 6. The number of amides is 2. The first kappa shape index (κ1) is 19.0. The van der Waals surface area contributed by atoms with E-state index in [-0.39, 0.29) is 11.9 Å². The quantitative estimate of drug-likeness (QED) is 0.573. The van der Waals surface area contributed by atoms with Gasteiger partial charge in [-0.25, -0.2) is 9.59 Å². The van der Waals surface area contributed by atoms with Crippen LogP contribution >= 0.6 is 0 Å². The average Bonchev–Trinajstić information content (AvgIpc) is 2.51. The molecule has 0 saturated carbocycles. The maximum atomic E-state index is 12.5. The second-order valence-electron chi connectivity index (χ2n) is 6.11. The maximum Gasteiger partial charge on any atom is 0.407 e. The number of nitrogens with zero attached hydrogens (tertiary/aromatic N) is 1. The minimum absolute atomic E-state index is 0.310. The zero-order chi connectivity index (χ0) is 17.4. The molecule has 2 atom stereocenters. The van der Waals surface area contributed by atoms with Crippen LogP contribution in [-0.4, -0.2) is 53.7 Å². The third kappa shape index (κ3) is 6.30. The molecule has 0 unspecified atom stereocenters. The summed E-state index contributed by atoms with van der Waals surface area (Å²) in [7, 11) is 1.29. The van der Waals surface area contributed by atoms with Crippen molar-refractivity contribution >= 4 is 18.0 Å². The van der Waals surface area contributed by atoms with Gasteiger partial charge in [-0.3, -0.25) is 9.69 Å². The molecule has 2 N–H and O–H groups in total. The SMILES string of the molecule is COC(=O)C=C[C@H](CC(C)C)NC(=O)[C@@H]1CCCCN1C(=O)O. The first-order valence-corrected chi connectivity index (χ1v) is 7.91. The van der Waals surface area contributed by atoms with E-state index >= 15 is 0 Å². The van der Waals surface area contributed by atoms with Crippen LogP contribution in [0.3, 0.4) is 0 Å². The second kappa shape index (κ2) is 9.17. The van der Waals surface area contributed by atoms with E-state index in [1.165, 1.54) is 18.1 Å². The molecule has 1 aliphatic rings. The van der Waals surface area contributed by atoms with Crippen molar-refractivity contribution in [3.8, 4) is 0 Å². The van der Waals surface area contributed by atoms with Crippen molar-refractivity contribution in [1.29, 1.82) is 0 Å². The molecule has 0 bridgehead atoms. The van der Waals surface area contributed by atoms with Crippen molar-refractivity contribution < 1.29 is 24.2 Å². The summed E-state index contributed by atoms with van der Waals surface area (Å²) in [6.07, 6.45) is 4.57. The van der Waals surface area contributed by atoms with Gasteiger partial charge in [0.2, 0.25) is 5.91 Å². The molecule has 0 aromatic rings. The standard InChI is InChI=1S/C16H26N2O5/c1-11(2)10-12(7-8-14(19)23-3)17-15(20)13-6-4-5-9-18(13)16(21)22/h7-8,11-13H,4-6,9-10H2,1-3H3,(H,17,20)(H,21,22)/t12-,13+/m1/s1. The van der Waals surface area contributed by atoms with Crippen molar-refractivity contribution in [2.45, 2.75) is 51.6 Å². The van der Waals surface area contributed by atoms with Gasteiger partial charge >= 0.3 is 12.1 Å². The third-order valence-electron chi connectivity index (χ3n) is 3.77. The van der Waals surface area contributed by atoms with Gasteiger partial charge in [0.25, 0.3) is 0 Å². The topological polar surface area (TPSA) is 95.9 Å². The summed E-state index contributed by atoms with van der Waals surface area (Å²) in [5, 5.41) is 12.1. The van der Waals surface area contributed by atoms with Crippen LogP contribution in [0, 0.1) is 5.92 Å². The fourth-order valence-corrected chi connectivity index (χ4v) is 2.67. The molecule has 0 aromatic carbocycles. The van der Waals surface area contributed by atoms with Gasteiger partial charge in [-0.05, 0) is 31.6 Å². The Morgan fingerprint density at radius 3 is 2.61 bits per heavy atom. The van der Waals surface area contributed by atoms with E-state index in [1.54, 1.807) is 6.08 Å². The number of carbonyl (C=O) groups is 3. The summed E-state index contributed by atoms with van der Waals surface area (Å²) in [5.41, 5.74) is 0. The molecule has 1 fully saturated rings.